The van der Waals surface area contributed by atoms with Gasteiger partial charge < -0.3 is 45.4 Å². The molecule has 408 valence electrons. The molecule has 0 radical (unpaired) electrons. The van der Waals surface area contributed by atoms with Gasteiger partial charge in [0.15, 0.2) is 6.29 Å². The van der Waals surface area contributed by atoms with Crippen LogP contribution in [0.4, 0.5) is 0 Å². The fourth-order valence-corrected chi connectivity index (χ4v) is 9.59. The van der Waals surface area contributed by atoms with E-state index < -0.39 is 61.5 Å². The zero-order valence-corrected chi connectivity index (χ0v) is 44.9. The van der Waals surface area contributed by atoms with E-state index in [0.29, 0.717) is 12.8 Å². The van der Waals surface area contributed by atoms with Crippen molar-refractivity contribution < 1.29 is 44.9 Å². The predicted octanol–water partition coefficient (Wildman–Crippen LogP) is 13.5. The van der Waals surface area contributed by atoms with Gasteiger partial charge >= 0.3 is 0 Å². The Kier molecular flexibility index (Phi) is 46.5. The Morgan fingerprint density at radius 2 is 0.855 bits per heavy atom. The number of carbonyl (C=O) groups excluding carboxylic acids is 1. The van der Waals surface area contributed by atoms with Crippen LogP contribution in [0.5, 0.6) is 0 Å². The molecule has 0 aromatic heterocycles. The van der Waals surface area contributed by atoms with Gasteiger partial charge in [-0.15, -0.1) is 0 Å². The smallest absolute Gasteiger partial charge is 0.249 e. The molecule has 1 rings (SSSR count). The summed E-state index contributed by atoms with van der Waals surface area (Å²) < 4.78 is 11.2. The number of aliphatic hydroxyl groups excluding tert-OH is 6. The molecule has 69 heavy (non-hydrogen) atoms. The number of allylic oxidation sites excluding steroid dienone is 3. The Hall–Kier alpha value is -1.37. The summed E-state index contributed by atoms with van der Waals surface area (Å²) in [4.78, 5) is 13.1. The van der Waals surface area contributed by atoms with Crippen molar-refractivity contribution in [1.29, 1.82) is 0 Å². The van der Waals surface area contributed by atoms with Gasteiger partial charge in [0.2, 0.25) is 5.91 Å². The van der Waals surface area contributed by atoms with Gasteiger partial charge in [-0.05, 0) is 32.1 Å². The molecule has 1 fully saturated rings. The lowest BCUT2D eigenvalue weighted by molar-refractivity contribution is -0.302. The molecule has 1 saturated heterocycles. The molecule has 10 heteroatoms. The second-order valence-electron chi connectivity index (χ2n) is 20.9. The van der Waals surface area contributed by atoms with E-state index in [0.717, 1.165) is 38.5 Å². The number of hydrogen-bond acceptors (Lipinski definition) is 9. The molecule has 0 saturated carbocycles. The van der Waals surface area contributed by atoms with E-state index in [9.17, 15) is 35.4 Å². The SMILES string of the molecule is CCCCCCCCC/C=C/CC/C=C/C(O)C(COC1OC(CO)C(O)C(O)C1O)NC(=O)C(O)CCCCCCCCCCCCCCCCCCCCCCCCCCCCCCCCC. The van der Waals surface area contributed by atoms with Crippen molar-refractivity contribution in [2.45, 2.75) is 332 Å². The summed E-state index contributed by atoms with van der Waals surface area (Å²) in [5.74, 6) is -0.622. The van der Waals surface area contributed by atoms with Crippen LogP contribution < -0.4 is 5.32 Å². The second-order valence-corrected chi connectivity index (χ2v) is 20.9. The number of amides is 1. The number of rotatable bonds is 51. The van der Waals surface area contributed by atoms with Crippen molar-refractivity contribution in [1.82, 2.24) is 5.32 Å². The van der Waals surface area contributed by atoms with Crippen molar-refractivity contribution in [2.75, 3.05) is 13.2 Å². The van der Waals surface area contributed by atoms with E-state index in [1.54, 1.807) is 6.08 Å². The Bertz CT molecular complexity index is 1150. The molecule has 1 aliphatic rings. The van der Waals surface area contributed by atoms with Gasteiger partial charge in [-0.1, -0.05) is 276 Å². The summed E-state index contributed by atoms with van der Waals surface area (Å²) in [7, 11) is 0. The number of ether oxygens (including phenoxy) is 2. The average molecular weight is 981 g/mol. The minimum Gasteiger partial charge on any atom is -0.394 e. The fraction of sp³-hybridized carbons (Fsp3) is 0.915. The summed E-state index contributed by atoms with van der Waals surface area (Å²) in [6.07, 6.45) is 51.7. The number of aliphatic hydroxyl groups is 6. The third-order valence-electron chi connectivity index (χ3n) is 14.4. The fourth-order valence-electron chi connectivity index (χ4n) is 9.59. The Morgan fingerprint density at radius 1 is 0.493 bits per heavy atom. The molecule has 1 aliphatic heterocycles. The summed E-state index contributed by atoms with van der Waals surface area (Å²) in [6, 6.07) is -0.994. The summed E-state index contributed by atoms with van der Waals surface area (Å²) in [5, 5.41) is 64.9. The Balaban J connectivity index is 2.15. The molecule has 1 amide bonds. The van der Waals surface area contributed by atoms with E-state index in [1.807, 2.05) is 6.08 Å². The summed E-state index contributed by atoms with van der Waals surface area (Å²) in [6.45, 7) is 3.61. The number of nitrogens with one attached hydrogen (secondary N) is 1. The van der Waals surface area contributed by atoms with Gasteiger partial charge in [0.25, 0.3) is 0 Å². The van der Waals surface area contributed by atoms with Crippen LogP contribution in [0.25, 0.3) is 0 Å². The molecule has 10 nitrogen and oxygen atoms in total. The second kappa shape index (κ2) is 48.9. The van der Waals surface area contributed by atoms with Crippen LogP contribution in [-0.4, -0.2) is 98.7 Å². The average Bonchev–Trinajstić information content (AvgIpc) is 3.35. The molecule has 0 aromatic carbocycles. The van der Waals surface area contributed by atoms with E-state index in [4.69, 9.17) is 9.47 Å². The molecule has 8 atom stereocenters. The van der Waals surface area contributed by atoms with Crippen LogP contribution in [-0.2, 0) is 14.3 Å². The van der Waals surface area contributed by atoms with Gasteiger partial charge in [0.1, 0.15) is 30.5 Å². The Labute approximate surface area is 424 Å². The zero-order chi connectivity index (χ0) is 50.3. The van der Waals surface area contributed by atoms with E-state index in [1.165, 1.54) is 218 Å². The minimum atomic E-state index is -1.61. The third kappa shape index (κ3) is 38.0. The highest BCUT2D eigenvalue weighted by Crippen LogP contribution is 2.23. The zero-order valence-electron chi connectivity index (χ0n) is 44.9. The molecule has 7 N–H and O–H groups in total. The maximum absolute atomic E-state index is 13.1. The summed E-state index contributed by atoms with van der Waals surface area (Å²) >= 11 is 0. The predicted molar refractivity (Wildman–Crippen MR) is 287 cm³/mol. The lowest BCUT2D eigenvalue weighted by atomic mass is 9.99. The van der Waals surface area contributed by atoms with Gasteiger partial charge in [0.05, 0.1) is 25.4 Å². The number of carbonyl (C=O) groups is 1. The highest BCUT2D eigenvalue weighted by atomic mass is 16.7. The molecular formula is C59H113NO9. The first-order chi connectivity index (χ1) is 33.8. The topological polar surface area (TPSA) is 169 Å². The van der Waals surface area contributed by atoms with Gasteiger partial charge in [-0.3, -0.25) is 4.79 Å². The maximum Gasteiger partial charge on any atom is 0.249 e. The number of hydrogen-bond donors (Lipinski definition) is 7. The van der Waals surface area contributed by atoms with E-state index >= 15 is 0 Å². The van der Waals surface area contributed by atoms with Crippen molar-refractivity contribution in [3.05, 3.63) is 24.3 Å². The molecule has 1 heterocycles. The first-order valence-corrected chi connectivity index (χ1v) is 29.7. The first-order valence-electron chi connectivity index (χ1n) is 29.7. The van der Waals surface area contributed by atoms with Crippen LogP contribution >= 0.6 is 0 Å². The van der Waals surface area contributed by atoms with Crippen LogP contribution in [0, 0.1) is 0 Å². The first kappa shape index (κ1) is 65.6. The quantitative estimate of drug-likeness (QED) is 0.0232. The minimum absolute atomic E-state index is 0.308. The van der Waals surface area contributed by atoms with Crippen molar-refractivity contribution in [3.8, 4) is 0 Å². The standard InChI is InChI=1S/C59H113NO9/c1-3-5-7-9-11-13-15-17-18-19-20-21-22-23-24-25-26-27-28-29-30-31-32-33-34-36-38-40-42-44-46-48-53(63)58(67)60-51(50-68-59-57(66)56(65)55(64)54(49-61)69-59)52(62)47-45-43-41-39-37-35-16-14-12-10-8-6-4-2/h37,39,45,47,51-57,59,61-66H,3-36,38,40-44,46,48-50H2,1-2H3,(H,60,67)/b39-37+,47-45+. The van der Waals surface area contributed by atoms with E-state index in [-0.39, 0.29) is 6.61 Å². The van der Waals surface area contributed by atoms with Crippen LogP contribution in [0.2, 0.25) is 0 Å². The van der Waals surface area contributed by atoms with E-state index in [2.05, 4.69) is 31.3 Å². The largest absolute Gasteiger partial charge is 0.394 e. The monoisotopic (exact) mass is 980 g/mol. The Morgan fingerprint density at radius 3 is 1.26 bits per heavy atom. The number of unbranched alkanes of at least 4 members (excludes halogenated alkanes) is 38. The van der Waals surface area contributed by atoms with Gasteiger partial charge in [-0.25, -0.2) is 0 Å². The van der Waals surface area contributed by atoms with Crippen LogP contribution in [0.1, 0.15) is 284 Å². The normalized spacial score (nSPS) is 20.0. The summed E-state index contributed by atoms with van der Waals surface area (Å²) in [5.41, 5.74) is 0. The van der Waals surface area contributed by atoms with Crippen molar-refractivity contribution >= 4 is 5.91 Å². The van der Waals surface area contributed by atoms with Gasteiger partial charge in [0, 0.05) is 0 Å². The van der Waals surface area contributed by atoms with Gasteiger partial charge in [-0.2, -0.15) is 0 Å². The van der Waals surface area contributed by atoms with Crippen LogP contribution in [0.3, 0.4) is 0 Å². The highest BCUT2D eigenvalue weighted by molar-refractivity contribution is 5.80. The maximum atomic E-state index is 13.1. The van der Waals surface area contributed by atoms with Crippen molar-refractivity contribution in [3.63, 3.8) is 0 Å². The molecular weight excluding hydrogens is 867 g/mol. The molecule has 0 spiro atoms. The molecule has 0 aliphatic carbocycles. The van der Waals surface area contributed by atoms with Crippen LogP contribution in [0.15, 0.2) is 24.3 Å². The lowest BCUT2D eigenvalue weighted by Crippen LogP contribution is -2.60. The molecule has 0 aromatic rings. The molecule has 0 bridgehead atoms. The molecule has 8 unspecified atom stereocenters. The lowest BCUT2D eigenvalue weighted by Gasteiger charge is -2.40. The third-order valence-corrected chi connectivity index (χ3v) is 14.4. The highest BCUT2D eigenvalue weighted by Gasteiger charge is 2.44. The van der Waals surface area contributed by atoms with Crippen molar-refractivity contribution in [2.24, 2.45) is 0 Å².